The summed E-state index contributed by atoms with van der Waals surface area (Å²) in [7, 11) is -3.65. The molecule has 3 heterocycles. The molecular weight excluding hydrogens is 540 g/mol. The maximum Gasteiger partial charge on any atom is 0.241 e. The number of hydrogen-bond acceptors (Lipinski definition) is 6. The van der Waals surface area contributed by atoms with Gasteiger partial charge in [0.15, 0.2) is 11.5 Å². The van der Waals surface area contributed by atoms with Crippen molar-refractivity contribution >= 4 is 42.9 Å². The second-order valence-corrected chi connectivity index (χ2v) is 11.1. The Morgan fingerprint density at radius 1 is 1.03 bits per heavy atom. The molecule has 2 aromatic carbocycles. The van der Waals surface area contributed by atoms with Crippen LogP contribution < -0.4 is 10.5 Å². The Labute approximate surface area is 217 Å². The van der Waals surface area contributed by atoms with Crippen molar-refractivity contribution in [3.05, 3.63) is 94.2 Å². The molecule has 182 valence electrons. The molecule has 3 aromatic heterocycles. The minimum Gasteiger partial charge on any atom is -0.383 e. The summed E-state index contributed by atoms with van der Waals surface area (Å²) in [4.78, 5) is 13.9. The predicted molar refractivity (Wildman–Crippen MR) is 144 cm³/mol. The maximum absolute atomic E-state index is 12.9. The summed E-state index contributed by atoms with van der Waals surface area (Å²) in [6, 6.07) is 18.5. The van der Waals surface area contributed by atoms with Crippen LogP contribution in [0.3, 0.4) is 0 Å². The molecule has 0 amide bonds. The number of fused-ring (bicyclic) bond motifs is 1. The number of nitrogens with one attached hydrogen (secondary N) is 1. The van der Waals surface area contributed by atoms with Crippen molar-refractivity contribution in [2.75, 3.05) is 5.73 Å². The van der Waals surface area contributed by atoms with Crippen LogP contribution in [0.4, 0.5) is 5.82 Å². The van der Waals surface area contributed by atoms with Gasteiger partial charge in [-0.25, -0.2) is 28.1 Å². The highest BCUT2D eigenvalue weighted by molar-refractivity contribution is 9.10. The quantitative estimate of drug-likeness (QED) is 0.303. The lowest BCUT2D eigenvalue weighted by Crippen LogP contribution is -2.24. The Morgan fingerprint density at radius 3 is 2.56 bits per heavy atom. The van der Waals surface area contributed by atoms with Crippen LogP contribution in [0.2, 0.25) is 0 Å². The predicted octanol–water partition coefficient (Wildman–Crippen LogP) is 4.92. The molecule has 5 rings (SSSR count). The summed E-state index contributed by atoms with van der Waals surface area (Å²) in [5, 5.41) is 0. The summed E-state index contributed by atoms with van der Waals surface area (Å²) in [6.07, 6.45) is 3.35. The second kappa shape index (κ2) is 9.45. The van der Waals surface area contributed by atoms with Crippen LogP contribution in [0.25, 0.3) is 28.2 Å². The number of hydrogen-bond donors (Lipinski definition) is 2. The molecule has 5 aromatic rings. The van der Waals surface area contributed by atoms with E-state index in [-0.39, 0.29) is 6.54 Å². The van der Waals surface area contributed by atoms with Gasteiger partial charge in [0, 0.05) is 29.1 Å². The van der Waals surface area contributed by atoms with Gasteiger partial charge in [0.2, 0.25) is 10.0 Å². The lowest BCUT2D eigenvalue weighted by Gasteiger charge is -2.12. The molecule has 10 heteroatoms. The zero-order chi connectivity index (χ0) is 25.4. The Kier molecular flexibility index (Phi) is 6.33. The molecule has 0 radical (unpaired) electrons. The van der Waals surface area contributed by atoms with Crippen molar-refractivity contribution < 1.29 is 8.42 Å². The Bertz CT molecular complexity index is 1700. The number of imidazole rings is 1. The first-order valence-electron chi connectivity index (χ1n) is 11.1. The van der Waals surface area contributed by atoms with Crippen molar-refractivity contribution in [1.29, 1.82) is 0 Å². The normalized spacial score (nSPS) is 11.8. The van der Waals surface area contributed by atoms with Gasteiger partial charge in [-0.05, 0) is 82.9 Å². The van der Waals surface area contributed by atoms with E-state index < -0.39 is 10.0 Å². The highest BCUT2D eigenvalue weighted by Crippen LogP contribution is 2.31. The minimum absolute atomic E-state index is 0.161. The highest BCUT2D eigenvalue weighted by Gasteiger charge is 2.19. The molecule has 0 bridgehead atoms. The van der Waals surface area contributed by atoms with Gasteiger partial charge in [-0.2, -0.15) is 0 Å². The minimum atomic E-state index is -3.65. The molecule has 0 saturated heterocycles. The van der Waals surface area contributed by atoms with Crippen LogP contribution in [0, 0.1) is 13.8 Å². The summed E-state index contributed by atoms with van der Waals surface area (Å²) < 4.78 is 31.2. The van der Waals surface area contributed by atoms with E-state index in [1.54, 1.807) is 25.4 Å². The third-order valence-corrected chi connectivity index (χ3v) is 7.81. The fourth-order valence-corrected chi connectivity index (χ4v) is 5.65. The molecule has 0 saturated carbocycles. The van der Waals surface area contributed by atoms with E-state index in [9.17, 15) is 8.42 Å². The molecule has 36 heavy (non-hydrogen) atoms. The topological polar surface area (TPSA) is 116 Å². The first kappa shape index (κ1) is 24.1. The van der Waals surface area contributed by atoms with Crippen LogP contribution in [-0.4, -0.2) is 27.9 Å². The summed E-state index contributed by atoms with van der Waals surface area (Å²) >= 11 is 3.46. The molecule has 3 N–H and O–H groups in total. The summed E-state index contributed by atoms with van der Waals surface area (Å²) in [6.45, 7) is 3.82. The first-order chi connectivity index (χ1) is 17.2. The van der Waals surface area contributed by atoms with Crippen LogP contribution in [0.5, 0.6) is 0 Å². The number of aryl methyl sites for hydroxylation is 2. The Balaban J connectivity index is 1.48. The van der Waals surface area contributed by atoms with Gasteiger partial charge in [0.25, 0.3) is 0 Å². The van der Waals surface area contributed by atoms with Crippen molar-refractivity contribution in [2.45, 2.75) is 25.3 Å². The van der Waals surface area contributed by atoms with E-state index in [1.807, 2.05) is 66.1 Å². The molecule has 0 aliphatic heterocycles. The monoisotopic (exact) mass is 562 g/mol. The zero-order valence-corrected chi connectivity index (χ0v) is 22.0. The van der Waals surface area contributed by atoms with Gasteiger partial charge in [-0.15, -0.1) is 0 Å². The van der Waals surface area contributed by atoms with E-state index in [0.29, 0.717) is 38.8 Å². The Morgan fingerprint density at radius 2 is 1.81 bits per heavy atom. The van der Waals surface area contributed by atoms with E-state index in [2.05, 4.69) is 30.6 Å². The fourth-order valence-electron chi connectivity index (χ4n) is 3.99. The van der Waals surface area contributed by atoms with Crippen LogP contribution in [0.15, 0.2) is 82.4 Å². The second-order valence-electron chi connectivity index (χ2n) is 8.46. The van der Waals surface area contributed by atoms with Gasteiger partial charge in [-0.3, -0.25) is 4.57 Å². The fraction of sp³-hybridized carbons (Fsp3) is 0.115. The van der Waals surface area contributed by atoms with Crippen molar-refractivity contribution in [3.8, 4) is 17.1 Å². The van der Waals surface area contributed by atoms with Crippen molar-refractivity contribution in [1.82, 2.24) is 24.2 Å². The smallest absolute Gasteiger partial charge is 0.241 e. The van der Waals surface area contributed by atoms with Crippen molar-refractivity contribution in [2.24, 2.45) is 0 Å². The average molecular weight is 563 g/mol. The highest BCUT2D eigenvalue weighted by atomic mass is 79.9. The number of anilines is 1. The third-order valence-electron chi connectivity index (χ3n) is 5.84. The van der Waals surface area contributed by atoms with Gasteiger partial charge >= 0.3 is 0 Å². The number of rotatable bonds is 6. The maximum atomic E-state index is 12.9. The SMILES string of the molecule is Cc1ccc(C)c(S(=O)(=O)NCc2ccc(-n3c(-c4cccnc4N)nc4cc(Br)cnc43)cc2)c1. The van der Waals surface area contributed by atoms with E-state index in [0.717, 1.165) is 21.3 Å². The van der Waals surface area contributed by atoms with Gasteiger partial charge in [0.05, 0.1) is 10.5 Å². The summed E-state index contributed by atoms with van der Waals surface area (Å²) in [5.41, 5.74) is 11.4. The lowest BCUT2D eigenvalue weighted by molar-refractivity contribution is 0.580. The standard InChI is InChI=1S/C26H23BrN6O2S/c1-16-5-6-17(2)23(12-16)36(34,35)31-14-18-7-9-20(10-8-18)33-25(21-4-3-11-29-24(21)28)32-22-13-19(27)15-30-26(22)33/h3-13,15,31H,14H2,1-2H3,(H2,28,29). The number of nitrogens with zero attached hydrogens (tertiary/aromatic N) is 4. The Hall–Kier alpha value is -3.60. The van der Waals surface area contributed by atoms with E-state index in [1.165, 1.54) is 0 Å². The molecule has 0 atom stereocenters. The van der Waals surface area contributed by atoms with Gasteiger partial charge in [0.1, 0.15) is 11.3 Å². The first-order valence-corrected chi connectivity index (χ1v) is 13.4. The van der Waals surface area contributed by atoms with Crippen LogP contribution >= 0.6 is 15.9 Å². The number of pyridine rings is 2. The van der Waals surface area contributed by atoms with E-state index >= 15 is 0 Å². The number of nitrogens with two attached hydrogens (primary N) is 1. The summed E-state index contributed by atoms with van der Waals surface area (Å²) in [5.74, 6) is 0.982. The van der Waals surface area contributed by atoms with E-state index in [4.69, 9.17) is 10.7 Å². The number of sulfonamides is 1. The molecule has 0 aliphatic rings. The number of halogens is 1. The molecule has 0 aliphatic carbocycles. The van der Waals surface area contributed by atoms with Crippen molar-refractivity contribution in [3.63, 3.8) is 0 Å². The molecule has 0 unspecified atom stereocenters. The molecule has 8 nitrogen and oxygen atoms in total. The lowest BCUT2D eigenvalue weighted by atomic mass is 10.2. The number of benzene rings is 2. The van der Waals surface area contributed by atoms with Crippen LogP contribution in [-0.2, 0) is 16.6 Å². The number of aromatic nitrogens is 4. The molecule has 0 spiro atoms. The average Bonchev–Trinajstić information content (AvgIpc) is 3.23. The third kappa shape index (κ3) is 4.62. The number of nitrogen functional groups attached to an aromatic ring is 1. The molecule has 0 fully saturated rings. The zero-order valence-electron chi connectivity index (χ0n) is 19.6. The molecular formula is C26H23BrN6O2S. The van der Waals surface area contributed by atoms with Crippen LogP contribution in [0.1, 0.15) is 16.7 Å². The van der Waals surface area contributed by atoms with Gasteiger partial charge < -0.3 is 5.73 Å². The largest absolute Gasteiger partial charge is 0.383 e. The van der Waals surface area contributed by atoms with Gasteiger partial charge in [-0.1, -0.05) is 24.3 Å².